The molecular weight excluding hydrogens is 258 g/mol. The van der Waals surface area contributed by atoms with Crippen molar-refractivity contribution in [1.29, 1.82) is 0 Å². The van der Waals surface area contributed by atoms with E-state index in [1.54, 1.807) is 18.2 Å². The van der Waals surface area contributed by atoms with Gasteiger partial charge in [-0.05, 0) is 24.6 Å². The summed E-state index contributed by atoms with van der Waals surface area (Å²) in [5, 5.41) is 12.0. The maximum atomic E-state index is 12.2. The fraction of sp³-hybridized carbons (Fsp3) is 0.400. The van der Waals surface area contributed by atoms with E-state index < -0.39 is 0 Å². The van der Waals surface area contributed by atoms with E-state index in [1.165, 1.54) is 0 Å². The third-order valence-electron chi connectivity index (χ3n) is 3.53. The second kappa shape index (κ2) is 5.54. The number of nitrogens with one attached hydrogen (secondary N) is 1. The molecule has 2 N–H and O–H groups in total. The first-order chi connectivity index (χ1) is 9.76. The van der Waals surface area contributed by atoms with Crippen LogP contribution in [-0.2, 0) is 0 Å². The minimum absolute atomic E-state index is 0.0205. The Labute approximate surface area is 117 Å². The van der Waals surface area contributed by atoms with Crippen LogP contribution in [0.1, 0.15) is 16.8 Å². The number of ether oxygens (including phenoxy) is 2. The molecule has 3 rings (SSSR count). The highest BCUT2D eigenvalue weighted by atomic mass is 16.6. The number of amides is 1. The molecule has 20 heavy (non-hydrogen) atoms. The lowest BCUT2D eigenvalue weighted by Crippen LogP contribution is -2.33. The number of hydrogen-bond acceptors (Lipinski definition) is 4. The maximum Gasteiger partial charge on any atom is 0.251 e. The highest BCUT2D eigenvalue weighted by Gasteiger charge is 2.21. The molecule has 1 aromatic rings. The van der Waals surface area contributed by atoms with Gasteiger partial charge in [-0.15, -0.1) is 0 Å². The van der Waals surface area contributed by atoms with E-state index in [-0.39, 0.29) is 24.5 Å². The van der Waals surface area contributed by atoms with Crippen LogP contribution in [0.5, 0.6) is 11.5 Å². The number of aliphatic hydroxyl groups excluding tert-OH is 1. The van der Waals surface area contributed by atoms with Gasteiger partial charge in [0.1, 0.15) is 13.2 Å². The summed E-state index contributed by atoms with van der Waals surface area (Å²) in [6.45, 7) is 1.16. The van der Waals surface area contributed by atoms with Crippen LogP contribution < -0.4 is 14.8 Å². The van der Waals surface area contributed by atoms with Crippen LogP contribution in [0.25, 0.3) is 0 Å². The molecule has 5 nitrogen and oxygen atoms in total. The lowest BCUT2D eigenvalue weighted by molar-refractivity contribution is 0.0940. The van der Waals surface area contributed by atoms with Crippen molar-refractivity contribution in [2.24, 2.45) is 5.92 Å². The SMILES string of the molecule is O=C(N[C@@H]1C=C[C@H](CO)C1)c1ccc2c(c1)OCCO2. The average molecular weight is 275 g/mol. The fourth-order valence-corrected chi connectivity index (χ4v) is 2.45. The first kappa shape index (κ1) is 13.0. The highest BCUT2D eigenvalue weighted by Crippen LogP contribution is 2.30. The van der Waals surface area contributed by atoms with Gasteiger partial charge in [-0.3, -0.25) is 4.79 Å². The third kappa shape index (κ3) is 2.63. The molecule has 1 aliphatic heterocycles. The van der Waals surface area contributed by atoms with E-state index in [9.17, 15) is 4.79 Å². The van der Waals surface area contributed by atoms with Crippen molar-refractivity contribution in [3.05, 3.63) is 35.9 Å². The predicted octanol–water partition coefficient (Wildman–Crippen LogP) is 1.12. The van der Waals surface area contributed by atoms with E-state index in [0.29, 0.717) is 30.3 Å². The molecule has 1 aliphatic carbocycles. The van der Waals surface area contributed by atoms with Crippen molar-refractivity contribution in [2.75, 3.05) is 19.8 Å². The first-order valence-corrected chi connectivity index (χ1v) is 6.76. The quantitative estimate of drug-likeness (QED) is 0.811. The molecule has 0 radical (unpaired) electrons. The molecule has 1 aromatic carbocycles. The standard InChI is InChI=1S/C15H17NO4/c17-9-10-1-3-12(7-10)16-15(18)11-2-4-13-14(8-11)20-6-5-19-13/h1-4,8,10,12,17H,5-7,9H2,(H,16,18)/t10-,12+/m0/s1. The number of hydrogen-bond donors (Lipinski definition) is 2. The Bertz CT molecular complexity index is 541. The Balaban J connectivity index is 1.67. The smallest absolute Gasteiger partial charge is 0.251 e. The van der Waals surface area contributed by atoms with Crippen molar-refractivity contribution in [3.63, 3.8) is 0 Å². The number of carbonyl (C=O) groups excluding carboxylic acids is 1. The lowest BCUT2D eigenvalue weighted by Gasteiger charge is -2.19. The van der Waals surface area contributed by atoms with Crippen LogP contribution in [0.4, 0.5) is 0 Å². The topological polar surface area (TPSA) is 67.8 Å². The third-order valence-corrected chi connectivity index (χ3v) is 3.53. The number of aliphatic hydroxyl groups is 1. The van der Waals surface area contributed by atoms with Gasteiger partial charge in [-0.2, -0.15) is 0 Å². The van der Waals surface area contributed by atoms with Gasteiger partial charge in [0.2, 0.25) is 0 Å². The van der Waals surface area contributed by atoms with Gasteiger partial charge < -0.3 is 19.9 Å². The normalized spacial score (nSPS) is 23.6. The summed E-state index contributed by atoms with van der Waals surface area (Å²) < 4.78 is 10.9. The van der Waals surface area contributed by atoms with Gasteiger partial charge in [-0.25, -0.2) is 0 Å². The van der Waals surface area contributed by atoms with Gasteiger partial charge in [-0.1, -0.05) is 12.2 Å². The number of rotatable bonds is 3. The second-order valence-electron chi connectivity index (χ2n) is 5.00. The minimum Gasteiger partial charge on any atom is -0.486 e. The second-order valence-corrected chi connectivity index (χ2v) is 5.00. The van der Waals surface area contributed by atoms with E-state index in [4.69, 9.17) is 14.6 Å². The van der Waals surface area contributed by atoms with Gasteiger partial charge in [0.05, 0.1) is 0 Å². The molecule has 5 heteroatoms. The van der Waals surface area contributed by atoms with Crippen molar-refractivity contribution in [1.82, 2.24) is 5.32 Å². The Morgan fingerprint density at radius 3 is 2.80 bits per heavy atom. The molecule has 0 saturated carbocycles. The van der Waals surface area contributed by atoms with E-state index in [2.05, 4.69) is 5.32 Å². The summed E-state index contributed by atoms with van der Waals surface area (Å²) in [4.78, 5) is 12.2. The van der Waals surface area contributed by atoms with Crippen LogP contribution >= 0.6 is 0 Å². The number of benzene rings is 1. The Morgan fingerprint density at radius 2 is 2.05 bits per heavy atom. The molecule has 1 heterocycles. The molecule has 1 amide bonds. The van der Waals surface area contributed by atoms with Crippen molar-refractivity contribution >= 4 is 5.91 Å². The van der Waals surface area contributed by atoms with Crippen LogP contribution in [0, 0.1) is 5.92 Å². The van der Waals surface area contributed by atoms with Crippen LogP contribution in [0.2, 0.25) is 0 Å². The largest absolute Gasteiger partial charge is 0.486 e. The minimum atomic E-state index is -0.143. The van der Waals surface area contributed by atoms with Gasteiger partial charge in [0.15, 0.2) is 11.5 Å². The van der Waals surface area contributed by atoms with Crippen LogP contribution in [0.15, 0.2) is 30.4 Å². The van der Waals surface area contributed by atoms with Gasteiger partial charge in [0, 0.05) is 24.1 Å². The highest BCUT2D eigenvalue weighted by molar-refractivity contribution is 5.95. The zero-order chi connectivity index (χ0) is 13.9. The lowest BCUT2D eigenvalue weighted by atomic mass is 10.1. The molecule has 0 saturated heterocycles. The number of carbonyl (C=O) groups is 1. The van der Waals surface area contributed by atoms with Crippen molar-refractivity contribution in [2.45, 2.75) is 12.5 Å². The summed E-state index contributed by atoms with van der Waals surface area (Å²) in [7, 11) is 0. The summed E-state index contributed by atoms with van der Waals surface area (Å²) >= 11 is 0. The zero-order valence-electron chi connectivity index (χ0n) is 11.0. The molecule has 0 fully saturated rings. The Hall–Kier alpha value is -2.01. The molecular formula is C15H17NO4. The first-order valence-electron chi connectivity index (χ1n) is 6.76. The molecule has 106 valence electrons. The summed E-state index contributed by atoms with van der Waals surface area (Å²) in [5.74, 6) is 1.28. The maximum absolute atomic E-state index is 12.2. The van der Waals surface area contributed by atoms with Gasteiger partial charge in [0.25, 0.3) is 5.91 Å². The Morgan fingerprint density at radius 1 is 1.25 bits per heavy atom. The fourth-order valence-electron chi connectivity index (χ4n) is 2.45. The monoisotopic (exact) mass is 275 g/mol. The molecule has 0 bridgehead atoms. The predicted molar refractivity (Wildman–Crippen MR) is 73.0 cm³/mol. The zero-order valence-corrected chi connectivity index (χ0v) is 11.0. The number of fused-ring (bicyclic) bond motifs is 1. The summed E-state index contributed by atoms with van der Waals surface area (Å²) in [6.07, 6.45) is 4.61. The van der Waals surface area contributed by atoms with Crippen molar-refractivity contribution < 1.29 is 19.4 Å². The molecule has 0 spiro atoms. The Kier molecular flexibility index (Phi) is 3.60. The van der Waals surface area contributed by atoms with E-state index in [1.807, 2.05) is 12.2 Å². The van der Waals surface area contributed by atoms with E-state index >= 15 is 0 Å². The summed E-state index contributed by atoms with van der Waals surface area (Å²) in [6, 6.07) is 5.16. The van der Waals surface area contributed by atoms with Crippen LogP contribution in [-0.4, -0.2) is 36.9 Å². The van der Waals surface area contributed by atoms with Crippen molar-refractivity contribution in [3.8, 4) is 11.5 Å². The average Bonchev–Trinajstić information content (AvgIpc) is 2.94. The molecule has 0 aromatic heterocycles. The summed E-state index contributed by atoms with van der Waals surface area (Å²) in [5.41, 5.74) is 0.551. The van der Waals surface area contributed by atoms with Crippen LogP contribution in [0.3, 0.4) is 0 Å². The molecule has 2 aliphatic rings. The van der Waals surface area contributed by atoms with Gasteiger partial charge >= 0.3 is 0 Å². The van der Waals surface area contributed by atoms with E-state index in [0.717, 1.165) is 6.42 Å². The molecule has 2 atom stereocenters. The molecule has 0 unspecified atom stereocenters.